The number of hydrazone groups is 1. The monoisotopic (exact) mass is 376 g/mol. The van der Waals surface area contributed by atoms with E-state index < -0.39 is 0 Å². The molecule has 0 spiro atoms. The molecule has 7 heteroatoms. The molecule has 1 aliphatic carbocycles. The van der Waals surface area contributed by atoms with Gasteiger partial charge < -0.3 is 4.42 Å². The van der Waals surface area contributed by atoms with E-state index in [1.54, 1.807) is 22.8 Å². The van der Waals surface area contributed by atoms with Gasteiger partial charge in [0.05, 0.1) is 17.1 Å². The lowest BCUT2D eigenvalue weighted by atomic mass is 10.1. The minimum absolute atomic E-state index is 0.0407. The summed E-state index contributed by atoms with van der Waals surface area (Å²) in [5.41, 5.74) is 3.41. The van der Waals surface area contributed by atoms with Crippen molar-refractivity contribution in [2.75, 3.05) is 0 Å². The number of benzene rings is 1. The highest BCUT2D eigenvalue weighted by Gasteiger charge is 2.36. The number of carbonyl (C=O) groups is 1. The summed E-state index contributed by atoms with van der Waals surface area (Å²) in [4.78, 5) is 29.4. The lowest BCUT2D eigenvalue weighted by molar-refractivity contribution is 0.0955. The number of carbonyl (C=O) groups excluding carboxylic acids is 1. The third-order valence-corrected chi connectivity index (χ3v) is 5.56. The molecule has 1 N–H and O–H groups in total. The summed E-state index contributed by atoms with van der Waals surface area (Å²) >= 11 is 0. The van der Waals surface area contributed by atoms with E-state index in [1.807, 2.05) is 12.1 Å². The molecule has 0 unspecified atom stereocenters. The van der Waals surface area contributed by atoms with Crippen LogP contribution in [0.4, 0.5) is 0 Å². The lowest BCUT2D eigenvalue weighted by Gasteiger charge is -2.06. The molecule has 2 aromatic heterocycles. The van der Waals surface area contributed by atoms with Gasteiger partial charge in [-0.05, 0) is 49.1 Å². The van der Waals surface area contributed by atoms with Gasteiger partial charge in [-0.25, -0.2) is 10.4 Å². The highest BCUT2D eigenvalue weighted by atomic mass is 16.3. The van der Waals surface area contributed by atoms with Gasteiger partial charge in [0.15, 0.2) is 0 Å². The third-order valence-electron chi connectivity index (χ3n) is 5.56. The Labute approximate surface area is 161 Å². The van der Waals surface area contributed by atoms with Crippen molar-refractivity contribution in [2.24, 2.45) is 11.0 Å². The molecule has 2 atom stereocenters. The summed E-state index contributed by atoms with van der Waals surface area (Å²) < 4.78 is 7.45. The molecule has 2 aliphatic rings. The van der Waals surface area contributed by atoms with E-state index in [4.69, 9.17) is 4.42 Å². The molecule has 0 bridgehead atoms. The lowest BCUT2D eigenvalue weighted by Crippen LogP contribution is -2.22. The summed E-state index contributed by atoms with van der Waals surface area (Å²) in [5, 5.41) is 4.51. The Morgan fingerprint density at radius 1 is 1.36 bits per heavy atom. The molecular weight excluding hydrogens is 356 g/mol. The quantitative estimate of drug-likeness (QED) is 0.560. The van der Waals surface area contributed by atoms with Crippen molar-refractivity contribution in [3.8, 4) is 0 Å². The first kappa shape index (κ1) is 16.9. The molecule has 1 saturated carbocycles. The Morgan fingerprint density at radius 2 is 2.21 bits per heavy atom. The zero-order chi connectivity index (χ0) is 19.3. The Hall–Kier alpha value is -3.22. The Balaban J connectivity index is 1.32. The first-order valence-electron chi connectivity index (χ1n) is 9.57. The summed E-state index contributed by atoms with van der Waals surface area (Å²) in [6, 6.07) is 8.73. The van der Waals surface area contributed by atoms with Gasteiger partial charge in [-0.3, -0.25) is 14.2 Å². The Kier molecular flexibility index (Phi) is 3.89. The van der Waals surface area contributed by atoms with Gasteiger partial charge in [-0.15, -0.1) is 0 Å². The second-order valence-electron chi connectivity index (χ2n) is 7.58. The van der Waals surface area contributed by atoms with Crippen LogP contribution in [-0.4, -0.2) is 21.7 Å². The van der Waals surface area contributed by atoms with E-state index in [1.165, 1.54) is 6.21 Å². The Morgan fingerprint density at radius 3 is 3.04 bits per heavy atom. The van der Waals surface area contributed by atoms with Crippen molar-refractivity contribution in [1.29, 1.82) is 0 Å². The smallest absolute Gasteiger partial charge is 0.271 e. The molecule has 142 valence electrons. The molecular formula is C21H20N4O3. The molecule has 3 heterocycles. The van der Waals surface area contributed by atoms with Crippen molar-refractivity contribution in [2.45, 2.75) is 38.6 Å². The third kappa shape index (κ3) is 2.93. The van der Waals surface area contributed by atoms with Gasteiger partial charge >= 0.3 is 0 Å². The molecule has 1 fully saturated rings. The first-order valence-corrected chi connectivity index (χ1v) is 9.57. The molecule has 3 aromatic rings. The maximum absolute atomic E-state index is 12.5. The van der Waals surface area contributed by atoms with Gasteiger partial charge in [0, 0.05) is 24.4 Å². The topological polar surface area (TPSA) is 89.5 Å². The zero-order valence-corrected chi connectivity index (χ0v) is 15.5. The summed E-state index contributed by atoms with van der Waals surface area (Å²) in [7, 11) is 0. The number of nitrogens with one attached hydrogen (secondary N) is 1. The van der Waals surface area contributed by atoms with Crippen LogP contribution >= 0.6 is 0 Å². The van der Waals surface area contributed by atoms with E-state index in [0.29, 0.717) is 40.6 Å². The molecule has 7 nitrogen and oxygen atoms in total. The first-order chi connectivity index (χ1) is 13.6. The van der Waals surface area contributed by atoms with Crippen LogP contribution in [0.3, 0.4) is 0 Å². The fraction of sp³-hybridized carbons (Fsp3) is 0.333. The van der Waals surface area contributed by atoms with Gasteiger partial charge in [0.1, 0.15) is 17.3 Å². The van der Waals surface area contributed by atoms with Gasteiger partial charge in [0.25, 0.3) is 11.5 Å². The summed E-state index contributed by atoms with van der Waals surface area (Å²) in [6.45, 7) is 2.91. The maximum Gasteiger partial charge on any atom is 0.271 e. The van der Waals surface area contributed by atoms with E-state index in [2.05, 4.69) is 22.4 Å². The predicted octanol–water partition coefficient (Wildman–Crippen LogP) is 2.82. The predicted molar refractivity (Wildman–Crippen MR) is 105 cm³/mol. The number of furan rings is 1. The van der Waals surface area contributed by atoms with Crippen molar-refractivity contribution in [3.05, 3.63) is 63.6 Å². The van der Waals surface area contributed by atoms with E-state index >= 15 is 0 Å². The molecule has 1 aromatic carbocycles. The SMILES string of the molecule is C[C@@H]1C[C@@H]1c1ccc(/C=N\NC(=O)c2ccc3c(=O)n4c(nc3c2)CCC4)o1. The zero-order valence-electron chi connectivity index (χ0n) is 15.5. The maximum atomic E-state index is 12.5. The van der Waals surface area contributed by atoms with Crippen LogP contribution in [0.1, 0.15) is 53.4 Å². The van der Waals surface area contributed by atoms with E-state index in [-0.39, 0.29) is 11.5 Å². The van der Waals surface area contributed by atoms with Gasteiger partial charge in [-0.2, -0.15) is 5.10 Å². The van der Waals surface area contributed by atoms with Crippen LogP contribution in [0, 0.1) is 5.92 Å². The van der Waals surface area contributed by atoms with E-state index in [9.17, 15) is 9.59 Å². The molecule has 0 radical (unpaired) electrons. The average molecular weight is 376 g/mol. The van der Waals surface area contributed by atoms with Gasteiger partial charge in [-0.1, -0.05) is 6.92 Å². The van der Waals surface area contributed by atoms with E-state index in [0.717, 1.165) is 30.8 Å². The minimum atomic E-state index is -0.358. The molecule has 0 saturated heterocycles. The van der Waals surface area contributed by atoms with Crippen molar-refractivity contribution in [3.63, 3.8) is 0 Å². The van der Waals surface area contributed by atoms with Crippen molar-refractivity contribution in [1.82, 2.24) is 15.0 Å². The van der Waals surface area contributed by atoms with Crippen LogP contribution in [0.5, 0.6) is 0 Å². The normalized spacial score (nSPS) is 20.6. The second-order valence-corrected chi connectivity index (χ2v) is 7.58. The molecule has 5 rings (SSSR count). The summed E-state index contributed by atoms with van der Waals surface area (Å²) in [6.07, 6.45) is 4.36. The second kappa shape index (κ2) is 6.44. The average Bonchev–Trinajstić information content (AvgIpc) is 3.09. The van der Waals surface area contributed by atoms with Crippen LogP contribution < -0.4 is 11.0 Å². The summed E-state index contributed by atoms with van der Waals surface area (Å²) in [5.74, 6) is 3.19. The number of nitrogens with zero attached hydrogens (tertiary/aromatic N) is 3. The number of fused-ring (bicyclic) bond motifs is 2. The van der Waals surface area contributed by atoms with Crippen LogP contribution in [0.15, 0.2) is 44.6 Å². The number of amides is 1. The van der Waals surface area contributed by atoms with Crippen molar-refractivity contribution >= 4 is 23.0 Å². The van der Waals surface area contributed by atoms with Crippen molar-refractivity contribution < 1.29 is 9.21 Å². The molecule has 1 amide bonds. The highest BCUT2D eigenvalue weighted by molar-refractivity contribution is 5.98. The number of rotatable bonds is 4. The number of hydrogen-bond acceptors (Lipinski definition) is 5. The van der Waals surface area contributed by atoms with Crippen LogP contribution in [0.2, 0.25) is 0 Å². The standard InChI is InChI=1S/C21H20N4O3/c1-12-9-16(12)18-7-5-14(28-18)11-22-24-20(26)13-4-6-15-17(10-13)23-19-3-2-8-25(19)21(15)27/h4-7,10-12,16H,2-3,8-9H2,1H3,(H,24,26)/b22-11-/t12-,16+/m1/s1. The van der Waals surface area contributed by atoms with Crippen LogP contribution in [-0.2, 0) is 13.0 Å². The number of aromatic nitrogens is 2. The fourth-order valence-corrected chi connectivity index (χ4v) is 3.80. The number of hydrogen-bond donors (Lipinski definition) is 1. The minimum Gasteiger partial charge on any atom is -0.460 e. The van der Waals surface area contributed by atoms with Crippen LogP contribution in [0.25, 0.3) is 10.9 Å². The number of aryl methyl sites for hydroxylation is 1. The highest BCUT2D eigenvalue weighted by Crippen LogP contribution is 2.47. The fourth-order valence-electron chi connectivity index (χ4n) is 3.80. The molecule has 28 heavy (non-hydrogen) atoms. The molecule has 1 aliphatic heterocycles. The largest absolute Gasteiger partial charge is 0.460 e. The van der Waals surface area contributed by atoms with Gasteiger partial charge in [0.2, 0.25) is 0 Å². The Bertz CT molecular complexity index is 1170.